The van der Waals surface area contributed by atoms with Gasteiger partial charge in [0, 0.05) is 18.8 Å². The SMILES string of the molecule is COc1cc(C(O)Cc2ccncc2Cl)ccc1C. The Kier molecular flexibility index (Phi) is 4.40. The Morgan fingerprint density at radius 2 is 2.16 bits per heavy atom. The number of rotatable bonds is 4. The van der Waals surface area contributed by atoms with E-state index < -0.39 is 6.10 Å². The van der Waals surface area contributed by atoms with Gasteiger partial charge >= 0.3 is 0 Å². The van der Waals surface area contributed by atoms with Crippen molar-refractivity contribution < 1.29 is 9.84 Å². The minimum absolute atomic E-state index is 0.452. The van der Waals surface area contributed by atoms with Crippen LogP contribution in [-0.4, -0.2) is 17.2 Å². The van der Waals surface area contributed by atoms with Crippen LogP contribution in [0, 0.1) is 6.92 Å². The number of aryl methyl sites for hydroxylation is 1. The second-order valence-electron chi connectivity index (χ2n) is 4.42. The molecule has 2 rings (SSSR count). The fourth-order valence-corrected chi connectivity index (χ4v) is 2.14. The highest BCUT2D eigenvalue weighted by Crippen LogP contribution is 2.27. The van der Waals surface area contributed by atoms with Gasteiger partial charge in [0.1, 0.15) is 5.75 Å². The van der Waals surface area contributed by atoms with Gasteiger partial charge in [-0.15, -0.1) is 0 Å². The van der Waals surface area contributed by atoms with Crippen LogP contribution in [0.2, 0.25) is 5.02 Å². The van der Waals surface area contributed by atoms with Gasteiger partial charge in [-0.05, 0) is 35.7 Å². The van der Waals surface area contributed by atoms with Crippen LogP contribution in [0.3, 0.4) is 0 Å². The lowest BCUT2D eigenvalue weighted by molar-refractivity contribution is 0.178. The molecule has 0 aliphatic rings. The van der Waals surface area contributed by atoms with Crippen molar-refractivity contribution in [2.45, 2.75) is 19.4 Å². The van der Waals surface area contributed by atoms with E-state index in [2.05, 4.69) is 4.98 Å². The number of nitrogens with zero attached hydrogens (tertiary/aromatic N) is 1. The smallest absolute Gasteiger partial charge is 0.122 e. The number of pyridine rings is 1. The van der Waals surface area contributed by atoms with Crippen molar-refractivity contribution in [1.82, 2.24) is 4.98 Å². The highest BCUT2D eigenvalue weighted by Gasteiger charge is 2.12. The molecule has 0 amide bonds. The molecular weight excluding hydrogens is 262 g/mol. The first kappa shape index (κ1) is 13.8. The molecule has 1 N–H and O–H groups in total. The van der Waals surface area contributed by atoms with Gasteiger partial charge in [-0.2, -0.15) is 0 Å². The van der Waals surface area contributed by atoms with Crippen molar-refractivity contribution in [2.24, 2.45) is 0 Å². The maximum atomic E-state index is 10.3. The molecule has 1 aromatic heterocycles. The molecule has 2 aromatic rings. The van der Waals surface area contributed by atoms with Crippen LogP contribution < -0.4 is 4.74 Å². The number of hydrogen-bond acceptors (Lipinski definition) is 3. The molecule has 3 nitrogen and oxygen atoms in total. The quantitative estimate of drug-likeness (QED) is 0.932. The maximum Gasteiger partial charge on any atom is 0.122 e. The number of ether oxygens (including phenoxy) is 1. The summed E-state index contributed by atoms with van der Waals surface area (Å²) in [6.07, 6.45) is 3.09. The first-order valence-corrected chi connectivity index (χ1v) is 6.40. The fraction of sp³-hybridized carbons (Fsp3) is 0.267. The first-order chi connectivity index (χ1) is 9.11. The van der Waals surface area contributed by atoms with Gasteiger partial charge in [0.05, 0.1) is 18.2 Å². The van der Waals surface area contributed by atoms with Crippen LogP contribution in [0.5, 0.6) is 5.75 Å². The first-order valence-electron chi connectivity index (χ1n) is 6.03. The lowest BCUT2D eigenvalue weighted by Crippen LogP contribution is -2.03. The topological polar surface area (TPSA) is 42.4 Å². The highest BCUT2D eigenvalue weighted by molar-refractivity contribution is 6.31. The van der Waals surface area contributed by atoms with Gasteiger partial charge in [-0.25, -0.2) is 0 Å². The predicted molar refractivity (Wildman–Crippen MR) is 75.6 cm³/mol. The molecule has 0 spiro atoms. The molecule has 1 atom stereocenters. The molecule has 1 aromatic carbocycles. The van der Waals surface area contributed by atoms with Crippen molar-refractivity contribution in [3.63, 3.8) is 0 Å². The van der Waals surface area contributed by atoms with Gasteiger partial charge in [-0.3, -0.25) is 4.98 Å². The second kappa shape index (κ2) is 6.04. The third-order valence-corrected chi connectivity index (χ3v) is 3.43. The molecule has 0 radical (unpaired) electrons. The van der Waals surface area contributed by atoms with Crippen LogP contribution in [0.4, 0.5) is 0 Å². The summed E-state index contributed by atoms with van der Waals surface area (Å²) in [6, 6.07) is 7.51. The maximum absolute atomic E-state index is 10.3. The zero-order valence-corrected chi connectivity index (χ0v) is 11.7. The van der Waals surface area contributed by atoms with Crippen LogP contribution in [-0.2, 0) is 6.42 Å². The second-order valence-corrected chi connectivity index (χ2v) is 4.82. The lowest BCUT2D eigenvalue weighted by Gasteiger charge is -2.14. The summed E-state index contributed by atoms with van der Waals surface area (Å²) in [4.78, 5) is 3.93. The summed E-state index contributed by atoms with van der Waals surface area (Å²) in [5.41, 5.74) is 2.74. The van der Waals surface area contributed by atoms with Crippen molar-refractivity contribution in [1.29, 1.82) is 0 Å². The van der Waals surface area contributed by atoms with E-state index in [9.17, 15) is 5.11 Å². The van der Waals surface area contributed by atoms with E-state index in [0.29, 0.717) is 11.4 Å². The summed E-state index contributed by atoms with van der Waals surface area (Å²) in [5, 5.41) is 10.8. The number of halogens is 1. The van der Waals surface area contributed by atoms with Crippen molar-refractivity contribution in [3.8, 4) is 5.75 Å². The van der Waals surface area contributed by atoms with Crippen LogP contribution >= 0.6 is 11.6 Å². The molecule has 0 saturated heterocycles. The van der Waals surface area contributed by atoms with E-state index in [1.165, 1.54) is 0 Å². The molecule has 0 fully saturated rings. The zero-order valence-electron chi connectivity index (χ0n) is 10.9. The zero-order chi connectivity index (χ0) is 13.8. The minimum Gasteiger partial charge on any atom is -0.496 e. The number of aliphatic hydroxyl groups excluding tert-OH is 1. The van der Waals surface area contributed by atoms with Gasteiger partial charge < -0.3 is 9.84 Å². The molecular formula is C15H16ClNO2. The Bertz CT molecular complexity index is 572. The normalized spacial score (nSPS) is 12.2. The van der Waals surface area contributed by atoms with E-state index in [-0.39, 0.29) is 0 Å². The van der Waals surface area contributed by atoms with Crippen LogP contribution in [0.25, 0.3) is 0 Å². The van der Waals surface area contributed by atoms with Gasteiger partial charge in [0.15, 0.2) is 0 Å². The number of aliphatic hydroxyl groups is 1. The Labute approximate surface area is 117 Å². The van der Waals surface area contributed by atoms with E-state index in [1.807, 2.05) is 31.2 Å². The van der Waals surface area contributed by atoms with Gasteiger partial charge in [0.25, 0.3) is 0 Å². The van der Waals surface area contributed by atoms with E-state index >= 15 is 0 Å². The van der Waals surface area contributed by atoms with Crippen LogP contribution in [0.1, 0.15) is 22.8 Å². The third kappa shape index (κ3) is 3.25. The van der Waals surface area contributed by atoms with Crippen molar-refractivity contribution in [2.75, 3.05) is 7.11 Å². The summed E-state index contributed by atoms with van der Waals surface area (Å²) in [6.45, 7) is 1.97. The standard InChI is InChI=1S/C15H16ClNO2/c1-10-3-4-12(8-15(10)19-2)14(18)7-11-5-6-17-9-13(11)16/h3-6,8-9,14,18H,7H2,1-2H3. The number of hydrogen-bond donors (Lipinski definition) is 1. The molecule has 0 saturated carbocycles. The summed E-state index contributed by atoms with van der Waals surface area (Å²) >= 11 is 6.04. The molecule has 100 valence electrons. The minimum atomic E-state index is -0.616. The number of benzene rings is 1. The Morgan fingerprint density at radius 1 is 1.37 bits per heavy atom. The molecule has 0 aliphatic heterocycles. The average Bonchev–Trinajstić information content (AvgIpc) is 2.42. The fourth-order valence-electron chi connectivity index (χ4n) is 1.94. The van der Waals surface area contributed by atoms with Crippen molar-refractivity contribution >= 4 is 11.6 Å². The largest absolute Gasteiger partial charge is 0.496 e. The summed E-state index contributed by atoms with van der Waals surface area (Å²) in [5.74, 6) is 0.775. The Morgan fingerprint density at radius 3 is 2.84 bits per heavy atom. The molecule has 4 heteroatoms. The van der Waals surface area contributed by atoms with E-state index in [0.717, 1.165) is 22.4 Å². The average molecular weight is 278 g/mol. The van der Waals surface area contributed by atoms with Crippen molar-refractivity contribution in [3.05, 3.63) is 58.4 Å². The molecule has 1 unspecified atom stereocenters. The van der Waals surface area contributed by atoms with Crippen LogP contribution in [0.15, 0.2) is 36.7 Å². The number of aromatic nitrogens is 1. The van der Waals surface area contributed by atoms with E-state index in [1.54, 1.807) is 19.5 Å². The molecule has 1 heterocycles. The molecule has 0 bridgehead atoms. The lowest BCUT2D eigenvalue weighted by atomic mass is 10.0. The summed E-state index contributed by atoms with van der Waals surface area (Å²) in [7, 11) is 1.62. The van der Waals surface area contributed by atoms with E-state index in [4.69, 9.17) is 16.3 Å². The summed E-state index contributed by atoms with van der Waals surface area (Å²) < 4.78 is 5.26. The number of methoxy groups -OCH3 is 1. The van der Waals surface area contributed by atoms with Gasteiger partial charge in [0.2, 0.25) is 0 Å². The highest BCUT2D eigenvalue weighted by atomic mass is 35.5. The predicted octanol–water partition coefficient (Wildman–Crippen LogP) is 3.33. The Balaban J connectivity index is 2.20. The Hall–Kier alpha value is -1.58. The monoisotopic (exact) mass is 277 g/mol. The molecule has 19 heavy (non-hydrogen) atoms. The third-order valence-electron chi connectivity index (χ3n) is 3.09. The molecule has 0 aliphatic carbocycles. The van der Waals surface area contributed by atoms with Gasteiger partial charge in [-0.1, -0.05) is 23.7 Å².